The summed E-state index contributed by atoms with van der Waals surface area (Å²) in [6.45, 7) is 8.39. The number of nitrogens with zero attached hydrogens (tertiary/aromatic N) is 1. The van der Waals surface area contributed by atoms with Crippen molar-refractivity contribution in [1.82, 2.24) is 4.90 Å². The van der Waals surface area contributed by atoms with Gasteiger partial charge in [-0.15, -0.1) is 0 Å². The average molecular weight is 294 g/mol. The first-order chi connectivity index (χ1) is 9.51. The molecule has 1 aromatic rings. The van der Waals surface area contributed by atoms with Crippen LogP contribution in [-0.2, 0) is 4.79 Å². The molecule has 0 spiro atoms. The van der Waals surface area contributed by atoms with E-state index in [-0.39, 0.29) is 18.0 Å². The first-order valence-electron chi connectivity index (χ1n) is 7.26. The van der Waals surface area contributed by atoms with E-state index in [0.29, 0.717) is 5.02 Å². The second kappa shape index (κ2) is 8.11. The van der Waals surface area contributed by atoms with E-state index in [1.807, 2.05) is 29.2 Å². The van der Waals surface area contributed by atoms with E-state index in [4.69, 9.17) is 11.6 Å². The van der Waals surface area contributed by atoms with Crippen LogP contribution in [-0.4, -0.2) is 22.9 Å². The molecule has 1 aromatic carbocycles. The summed E-state index contributed by atoms with van der Waals surface area (Å²) < 4.78 is 0. The highest BCUT2D eigenvalue weighted by Crippen LogP contribution is 2.18. The molecule has 0 bridgehead atoms. The molecule has 0 radical (unpaired) electrons. The number of rotatable bonds is 6. The molecule has 0 saturated heterocycles. The Morgan fingerprint density at radius 1 is 1.20 bits per heavy atom. The van der Waals surface area contributed by atoms with Crippen molar-refractivity contribution in [3.05, 3.63) is 40.9 Å². The topological polar surface area (TPSA) is 20.3 Å². The molecule has 0 N–H and O–H groups in total. The van der Waals surface area contributed by atoms with E-state index < -0.39 is 0 Å². The number of halogens is 1. The average Bonchev–Trinajstić information content (AvgIpc) is 2.46. The van der Waals surface area contributed by atoms with Gasteiger partial charge in [-0.05, 0) is 44.4 Å². The van der Waals surface area contributed by atoms with Crippen LogP contribution in [0, 0.1) is 0 Å². The summed E-state index contributed by atoms with van der Waals surface area (Å²) in [5, 5.41) is 0.662. The predicted octanol–water partition coefficient (Wildman–Crippen LogP) is 4.78. The molecule has 0 aromatic heterocycles. The molecule has 2 unspecified atom stereocenters. The third-order valence-corrected chi connectivity index (χ3v) is 4.04. The van der Waals surface area contributed by atoms with Crippen LogP contribution in [0.2, 0.25) is 5.02 Å². The zero-order chi connectivity index (χ0) is 15.1. The first-order valence-corrected chi connectivity index (χ1v) is 7.63. The van der Waals surface area contributed by atoms with Crippen LogP contribution in [0.15, 0.2) is 30.3 Å². The standard InChI is InChI=1S/C17H24ClNO/c1-5-13(3)19(14(4)6-2)17(20)12-11-15-9-7-8-10-16(15)18/h7-14H,5-6H2,1-4H3. The van der Waals surface area contributed by atoms with Crippen LogP contribution in [0.4, 0.5) is 0 Å². The third kappa shape index (κ3) is 4.38. The van der Waals surface area contributed by atoms with Crippen molar-refractivity contribution in [3.8, 4) is 0 Å². The number of benzene rings is 1. The second-order valence-corrected chi connectivity index (χ2v) is 5.52. The highest BCUT2D eigenvalue weighted by molar-refractivity contribution is 6.32. The molecule has 1 amide bonds. The number of hydrogen-bond acceptors (Lipinski definition) is 1. The summed E-state index contributed by atoms with van der Waals surface area (Å²) in [5.41, 5.74) is 0.871. The molecule has 0 heterocycles. The van der Waals surface area contributed by atoms with Crippen LogP contribution in [0.25, 0.3) is 6.08 Å². The number of amides is 1. The lowest BCUT2D eigenvalue weighted by molar-refractivity contribution is -0.130. The van der Waals surface area contributed by atoms with Crippen LogP contribution >= 0.6 is 11.6 Å². The minimum Gasteiger partial charge on any atom is -0.334 e. The quantitative estimate of drug-likeness (QED) is 0.691. The van der Waals surface area contributed by atoms with Gasteiger partial charge in [0.2, 0.25) is 5.91 Å². The highest BCUT2D eigenvalue weighted by atomic mass is 35.5. The Kier molecular flexibility index (Phi) is 6.80. The number of hydrogen-bond donors (Lipinski definition) is 0. The fraction of sp³-hybridized carbons (Fsp3) is 0.471. The lowest BCUT2D eigenvalue weighted by atomic mass is 10.1. The minimum atomic E-state index is 0.0496. The van der Waals surface area contributed by atoms with Gasteiger partial charge < -0.3 is 4.90 Å². The maximum absolute atomic E-state index is 12.4. The van der Waals surface area contributed by atoms with Crippen molar-refractivity contribution in [2.24, 2.45) is 0 Å². The Morgan fingerprint density at radius 2 is 1.75 bits per heavy atom. The van der Waals surface area contributed by atoms with E-state index in [2.05, 4.69) is 27.7 Å². The Labute approximate surface area is 127 Å². The summed E-state index contributed by atoms with van der Waals surface area (Å²) >= 11 is 6.09. The normalized spacial score (nSPS) is 14.2. The SMILES string of the molecule is CCC(C)N(C(=O)C=Cc1ccccc1Cl)C(C)CC. The van der Waals surface area contributed by atoms with Crippen LogP contribution < -0.4 is 0 Å². The highest BCUT2D eigenvalue weighted by Gasteiger charge is 2.21. The zero-order valence-corrected chi connectivity index (χ0v) is 13.5. The summed E-state index contributed by atoms with van der Waals surface area (Å²) in [4.78, 5) is 14.4. The van der Waals surface area contributed by atoms with Crippen LogP contribution in [0.3, 0.4) is 0 Å². The van der Waals surface area contributed by atoms with Crippen LogP contribution in [0.1, 0.15) is 46.1 Å². The lowest BCUT2D eigenvalue weighted by Crippen LogP contribution is -2.43. The number of carbonyl (C=O) groups excluding carboxylic acids is 1. The molecule has 0 aliphatic rings. The summed E-state index contributed by atoms with van der Waals surface area (Å²) in [7, 11) is 0. The Morgan fingerprint density at radius 3 is 2.25 bits per heavy atom. The van der Waals surface area contributed by atoms with Gasteiger partial charge in [0.25, 0.3) is 0 Å². The van der Waals surface area contributed by atoms with E-state index in [1.165, 1.54) is 0 Å². The summed E-state index contributed by atoms with van der Waals surface area (Å²) in [5.74, 6) is 0.0496. The Hall–Kier alpha value is -1.28. The zero-order valence-electron chi connectivity index (χ0n) is 12.8. The van der Waals surface area contributed by atoms with Gasteiger partial charge in [-0.3, -0.25) is 4.79 Å². The van der Waals surface area contributed by atoms with E-state index in [0.717, 1.165) is 18.4 Å². The summed E-state index contributed by atoms with van der Waals surface area (Å²) in [6.07, 6.45) is 5.33. The van der Waals surface area contributed by atoms with Crippen molar-refractivity contribution in [3.63, 3.8) is 0 Å². The maximum Gasteiger partial charge on any atom is 0.247 e. The molecule has 0 aliphatic heterocycles. The molecule has 110 valence electrons. The molecule has 0 fully saturated rings. The van der Waals surface area contributed by atoms with Gasteiger partial charge in [-0.1, -0.05) is 43.6 Å². The molecular weight excluding hydrogens is 270 g/mol. The van der Waals surface area contributed by atoms with Crippen molar-refractivity contribution in [2.75, 3.05) is 0 Å². The minimum absolute atomic E-state index is 0.0496. The van der Waals surface area contributed by atoms with E-state index in [9.17, 15) is 4.79 Å². The second-order valence-electron chi connectivity index (χ2n) is 5.11. The molecule has 2 atom stereocenters. The maximum atomic E-state index is 12.4. The monoisotopic (exact) mass is 293 g/mol. The van der Waals surface area contributed by atoms with Crippen molar-refractivity contribution in [2.45, 2.75) is 52.6 Å². The number of carbonyl (C=O) groups is 1. The molecular formula is C17H24ClNO. The lowest BCUT2D eigenvalue weighted by Gasteiger charge is -2.33. The first kappa shape index (κ1) is 16.8. The fourth-order valence-electron chi connectivity index (χ4n) is 2.12. The van der Waals surface area contributed by atoms with E-state index >= 15 is 0 Å². The van der Waals surface area contributed by atoms with E-state index in [1.54, 1.807) is 12.2 Å². The fourth-order valence-corrected chi connectivity index (χ4v) is 2.32. The molecule has 3 heteroatoms. The van der Waals surface area contributed by atoms with Crippen molar-refractivity contribution >= 4 is 23.6 Å². The van der Waals surface area contributed by atoms with Gasteiger partial charge in [0, 0.05) is 23.2 Å². The van der Waals surface area contributed by atoms with Gasteiger partial charge in [0.15, 0.2) is 0 Å². The van der Waals surface area contributed by atoms with Gasteiger partial charge in [0.05, 0.1) is 0 Å². The largest absolute Gasteiger partial charge is 0.334 e. The van der Waals surface area contributed by atoms with Gasteiger partial charge in [0.1, 0.15) is 0 Å². The van der Waals surface area contributed by atoms with Crippen LogP contribution in [0.5, 0.6) is 0 Å². The van der Waals surface area contributed by atoms with Crippen molar-refractivity contribution in [1.29, 1.82) is 0 Å². The molecule has 20 heavy (non-hydrogen) atoms. The Balaban J connectivity index is 2.88. The van der Waals surface area contributed by atoms with Gasteiger partial charge >= 0.3 is 0 Å². The van der Waals surface area contributed by atoms with Gasteiger partial charge in [-0.2, -0.15) is 0 Å². The molecule has 0 aliphatic carbocycles. The van der Waals surface area contributed by atoms with Crippen molar-refractivity contribution < 1.29 is 4.79 Å². The Bertz CT molecular complexity index is 460. The molecule has 0 saturated carbocycles. The molecule has 2 nitrogen and oxygen atoms in total. The predicted molar refractivity (Wildman–Crippen MR) is 86.8 cm³/mol. The van der Waals surface area contributed by atoms with Gasteiger partial charge in [-0.25, -0.2) is 0 Å². The molecule has 1 rings (SSSR count). The third-order valence-electron chi connectivity index (χ3n) is 3.70. The smallest absolute Gasteiger partial charge is 0.247 e. The summed E-state index contributed by atoms with van der Waals surface area (Å²) in [6, 6.07) is 8.01.